The zero-order valence-corrected chi connectivity index (χ0v) is 12.9. The summed E-state index contributed by atoms with van der Waals surface area (Å²) in [5.41, 5.74) is 0.262. The topological polar surface area (TPSA) is 67.4 Å². The van der Waals surface area contributed by atoms with E-state index in [9.17, 15) is 9.59 Å². The van der Waals surface area contributed by atoms with E-state index in [1.54, 1.807) is 0 Å². The fourth-order valence-corrected chi connectivity index (χ4v) is 2.16. The predicted octanol–water partition coefficient (Wildman–Crippen LogP) is 2.26. The first-order chi connectivity index (χ1) is 9.35. The van der Waals surface area contributed by atoms with Gasteiger partial charge in [0.25, 0.3) is 5.91 Å². The van der Waals surface area contributed by atoms with Gasteiger partial charge in [0.2, 0.25) is 5.91 Å². The van der Waals surface area contributed by atoms with Crippen LogP contribution in [0.1, 0.15) is 24.2 Å². The average molecular weight is 319 g/mol. The van der Waals surface area contributed by atoms with Crippen LogP contribution >= 0.6 is 23.2 Å². The predicted molar refractivity (Wildman–Crippen MR) is 78.6 cm³/mol. The first-order valence-electron chi connectivity index (χ1n) is 5.95. The zero-order chi connectivity index (χ0) is 15.3. The molecular weight excluding hydrogens is 303 g/mol. The maximum absolute atomic E-state index is 11.9. The number of ether oxygens (including phenoxy) is 1. The molecule has 0 aromatic heterocycles. The van der Waals surface area contributed by atoms with Crippen LogP contribution in [0.4, 0.5) is 0 Å². The molecule has 1 aromatic rings. The van der Waals surface area contributed by atoms with Gasteiger partial charge in [-0.25, -0.2) is 0 Å². The lowest BCUT2D eigenvalue weighted by Crippen LogP contribution is -2.39. The number of carbonyl (C=O) groups excluding carboxylic acids is 2. The molecule has 0 saturated heterocycles. The number of rotatable bonds is 5. The second-order valence-corrected chi connectivity index (χ2v) is 5.19. The van der Waals surface area contributed by atoms with Crippen LogP contribution in [0.15, 0.2) is 12.1 Å². The van der Waals surface area contributed by atoms with Crippen molar-refractivity contribution in [3.8, 4) is 5.75 Å². The summed E-state index contributed by atoms with van der Waals surface area (Å²) in [6.07, 6.45) is 0. The SMILES string of the molecule is COc1c(Cl)cc(C(=O)NCC(=O)NC(C)C)cc1Cl. The first kappa shape index (κ1) is 16.6. The van der Waals surface area contributed by atoms with Crippen LogP contribution in [-0.2, 0) is 4.79 Å². The van der Waals surface area contributed by atoms with Crippen molar-refractivity contribution < 1.29 is 14.3 Å². The van der Waals surface area contributed by atoms with Gasteiger partial charge in [-0.2, -0.15) is 0 Å². The molecule has 0 unspecified atom stereocenters. The third-order valence-corrected chi connectivity index (χ3v) is 2.89. The average Bonchev–Trinajstić information content (AvgIpc) is 2.34. The molecule has 0 aliphatic heterocycles. The van der Waals surface area contributed by atoms with E-state index >= 15 is 0 Å². The molecule has 5 nitrogen and oxygen atoms in total. The van der Waals surface area contributed by atoms with Crippen molar-refractivity contribution in [1.82, 2.24) is 10.6 Å². The molecule has 110 valence electrons. The van der Waals surface area contributed by atoms with Crippen molar-refractivity contribution in [2.45, 2.75) is 19.9 Å². The molecule has 1 rings (SSSR count). The Bertz CT molecular complexity index is 495. The van der Waals surface area contributed by atoms with Crippen molar-refractivity contribution in [3.05, 3.63) is 27.7 Å². The molecule has 2 N–H and O–H groups in total. The molecule has 0 aliphatic carbocycles. The summed E-state index contributed by atoms with van der Waals surface area (Å²) < 4.78 is 4.99. The largest absolute Gasteiger partial charge is 0.494 e. The minimum Gasteiger partial charge on any atom is -0.494 e. The van der Waals surface area contributed by atoms with Crippen LogP contribution in [0.2, 0.25) is 10.0 Å². The Labute approximate surface area is 127 Å². The molecule has 0 spiro atoms. The molecule has 0 fully saturated rings. The monoisotopic (exact) mass is 318 g/mol. The molecule has 20 heavy (non-hydrogen) atoms. The van der Waals surface area contributed by atoms with Crippen LogP contribution in [0.25, 0.3) is 0 Å². The van der Waals surface area contributed by atoms with Gasteiger partial charge < -0.3 is 15.4 Å². The highest BCUT2D eigenvalue weighted by molar-refractivity contribution is 6.37. The van der Waals surface area contributed by atoms with Crippen LogP contribution in [0.3, 0.4) is 0 Å². The molecule has 2 amide bonds. The van der Waals surface area contributed by atoms with E-state index in [0.29, 0.717) is 5.75 Å². The van der Waals surface area contributed by atoms with Gasteiger partial charge in [0.05, 0.1) is 23.7 Å². The van der Waals surface area contributed by atoms with Crippen molar-refractivity contribution in [2.75, 3.05) is 13.7 Å². The third kappa shape index (κ3) is 4.58. The quantitative estimate of drug-likeness (QED) is 0.875. The lowest BCUT2D eigenvalue weighted by atomic mass is 10.2. The summed E-state index contributed by atoms with van der Waals surface area (Å²) in [6, 6.07) is 2.88. The standard InChI is InChI=1S/C13H16Cl2N2O3/c1-7(2)17-11(18)6-16-13(19)8-4-9(14)12(20-3)10(15)5-8/h4-5,7H,6H2,1-3H3,(H,16,19)(H,17,18). The van der Waals surface area contributed by atoms with Gasteiger partial charge in [0.15, 0.2) is 5.75 Å². The number of hydrogen-bond donors (Lipinski definition) is 2. The smallest absolute Gasteiger partial charge is 0.251 e. The lowest BCUT2D eigenvalue weighted by molar-refractivity contribution is -0.120. The second-order valence-electron chi connectivity index (χ2n) is 4.38. The van der Waals surface area contributed by atoms with Gasteiger partial charge in [0.1, 0.15) is 0 Å². The molecule has 0 aliphatic rings. The first-order valence-corrected chi connectivity index (χ1v) is 6.71. The van der Waals surface area contributed by atoms with Crippen molar-refractivity contribution in [2.24, 2.45) is 0 Å². The van der Waals surface area contributed by atoms with Gasteiger partial charge in [0, 0.05) is 11.6 Å². The second kappa shape index (κ2) is 7.36. The molecule has 1 aromatic carbocycles. The summed E-state index contributed by atoms with van der Waals surface area (Å²) in [4.78, 5) is 23.3. The number of methoxy groups -OCH3 is 1. The van der Waals surface area contributed by atoms with Gasteiger partial charge in [-0.3, -0.25) is 9.59 Å². The van der Waals surface area contributed by atoms with E-state index in [4.69, 9.17) is 27.9 Å². The van der Waals surface area contributed by atoms with Crippen molar-refractivity contribution in [3.63, 3.8) is 0 Å². The van der Waals surface area contributed by atoms with Gasteiger partial charge in [-0.1, -0.05) is 23.2 Å². The molecule has 0 bridgehead atoms. The fraction of sp³-hybridized carbons (Fsp3) is 0.385. The molecule has 0 saturated carbocycles. The highest BCUT2D eigenvalue weighted by Gasteiger charge is 2.14. The van der Waals surface area contributed by atoms with E-state index in [0.717, 1.165) is 0 Å². The minimum atomic E-state index is -0.435. The van der Waals surface area contributed by atoms with Crippen LogP contribution in [-0.4, -0.2) is 31.5 Å². The summed E-state index contributed by atoms with van der Waals surface area (Å²) in [7, 11) is 1.43. The highest BCUT2D eigenvalue weighted by Crippen LogP contribution is 2.33. The van der Waals surface area contributed by atoms with Crippen LogP contribution in [0.5, 0.6) is 5.75 Å². The van der Waals surface area contributed by atoms with Gasteiger partial charge in [-0.05, 0) is 26.0 Å². The van der Waals surface area contributed by atoms with Crippen LogP contribution < -0.4 is 15.4 Å². The molecular formula is C13H16Cl2N2O3. The highest BCUT2D eigenvalue weighted by atomic mass is 35.5. The number of carbonyl (C=O) groups is 2. The Hall–Kier alpha value is -1.46. The summed E-state index contributed by atoms with van der Waals surface area (Å²) in [6.45, 7) is 3.56. The normalized spacial score (nSPS) is 10.3. The Morgan fingerprint density at radius 2 is 1.80 bits per heavy atom. The molecule has 7 heteroatoms. The Balaban J connectivity index is 2.71. The Kier molecular flexibility index (Phi) is 6.10. The number of halogens is 2. The number of amides is 2. The lowest BCUT2D eigenvalue weighted by Gasteiger charge is -2.11. The third-order valence-electron chi connectivity index (χ3n) is 2.32. The van der Waals surface area contributed by atoms with Crippen molar-refractivity contribution in [1.29, 1.82) is 0 Å². The maximum atomic E-state index is 11.9. The Morgan fingerprint density at radius 1 is 1.25 bits per heavy atom. The van der Waals surface area contributed by atoms with E-state index in [1.165, 1.54) is 19.2 Å². The Morgan fingerprint density at radius 3 is 2.25 bits per heavy atom. The van der Waals surface area contributed by atoms with E-state index < -0.39 is 5.91 Å². The van der Waals surface area contributed by atoms with Gasteiger partial charge >= 0.3 is 0 Å². The van der Waals surface area contributed by atoms with E-state index in [1.807, 2.05) is 13.8 Å². The number of nitrogens with one attached hydrogen (secondary N) is 2. The van der Waals surface area contributed by atoms with Gasteiger partial charge in [-0.15, -0.1) is 0 Å². The van der Waals surface area contributed by atoms with E-state index in [-0.39, 0.29) is 34.1 Å². The zero-order valence-electron chi connectivity index (χ0n) is 11.4. The van der Waals surface area contributed by atoms with Crippen LogP contribution in [0, 0.1) is 0 Å². The summed E-state index contributed by atoms with van der Waals surface area (Å²) in [5.74, 6) is -0.392. The van der Waals surface area contributed by atoms with Crippen molar-refractivity contribution >= 4 is 35.0 Å². The fourth-order valence-electron chi connectivity index (χ4n) is 1.52. The number of hydrogen-bond acceptors (Lipinski definition) is 3. The minimum absolute atomic E-state index is 0.0178. The summed E-state index contributed by atoms with van der Waals surface area (Å²) in [5, 5.41) is 5.62. The molecule has 0 radical (unpaired) electrons. The molecule has 0 atom stereocenters. The molecule has 0 heterocycles. The van der Waals surface area contributed by atoms with E-state index in [2.05, 4.69) is 10.6 Å². The number of benzene rings is 1. The maximum Gasteiger partial charge on any atom is 0.251 e. The summed E-state index contributed by atoms with van der Waals surface area (Å²) >= 11 is 11.9.